The molecule has 0 aliphatic rings. The molecule has 0 aliphatic heterocycles. The van der Waals surface area contributed by atoms with Crippen LogP contribution in [0, 0.1) is 6.92 Å². The van der Waals surface area contributed by atoms with Crippen molar-refractivity contribution in [3.05, 3.63) is 53.9 Å². The van der Waals surface area contributed by atoms with Crippen LogP contribution in [0.4, 0.5) is 0 Å². The van der Waals surface area contributed by atoms with Gasteiger partial charge in [-0.3, -0.25) is 9.78 Å². The van der Waals surface area contributed by atoms with Crippen LogP contribution in [-0.2, 0) is 0 Å². The van der Waals surface area contributed by atoms with Gasteiger partial charge in [-0.2, -0.15) is 0 Å². The van der Waals surface area contributed by atoms with Crippen molar-refractivity contribution in [3.8, 4) is 11.1 Å². The number of aryl methyl sites for hydroxylation is 1. The average Bonchev–Trinajstić information content (AvgIpc) is 2.58. The Hall–Kier alpha value is -2.24. The molecule has 0 spiro atoms. The van der Waals surface area contributed by atoms with E-state index in [9.17, 15) is 4.79 Å². The molecule has 0 saturated heterocycles. The second-order valence-corrected chi connectivity index (χ2v) is 5.42. The fourth-order valence-corrected chi connectivity index (χ4v) is 2.42. The minimum atomic E-state index is -0.186. The van der Waals surface area contributed by atoms with E-state index < -0.39 is 0 Å². The highest BCUT2D eigenvalue weighted by atomic mass is 16.3. The quantitative estimate of drug-likeness (QED) is 0.818. The fraction of sp³-hybridized carbons (Fsp3) is 0.333. The van der Waals surface area contributed by atoms with Crippen molar-refractivity contribution >= 4 is 5.91 Å². The zero-order chi connectivity index (χ0) is 16.7. The number of amides is 1. The molecule has 0 atom stereocenters. The van der Waals surface area contributed by atoms with E-state index in [-0.39, 0.29) is 25.7 Å². The average molecular weight is 314 g/mol. The van der Waals surface area contributed by atoms with E-state index in [1.54, 1.807) is 6.20 Å². The third-order valence-corrected chi connectivity index (χ3v) is 3.58. The third kappa shape index (κ3) is 4.61. The summed E-state index contributed by atoms with van der Waals surface area (Å²) in [4.78, 5) is 18.3. The van der Waals surface area contributed by atoms with Crippen LogP contribution in [0.15, 0.2) is 42.7 Å². The first-order valence-corrected chi connectivity index (χ1v) is 7.69. The highest BCUT2D eigenvalue weighted by Crippen LogP contribution is 2.21. The third-order valence-electron chi connectivity index (χ3n) is 3.58. The summed E-state index contributed by atoms with van der Waals surface area (Å²) in [5.74, 6) is -0.186. The number of carbonyl (C=O) groups excluding carboxylic acids is 1. The van der Waals surface area contributed by atoms with Gasteiger partial charge in [0, 0.05) is 37.7 Å². The van der Waals surface area contributed by atoms with Gasteiger partial charge in [0.25, 0.3) is 5.91 Å². The van der Waals surface area contributed by atoms with Crippen LogP contribution in [0.2, 0.25) is 0 Å². The maximum Gasteiger partial charge on any atom is 0.255 e. The van der Waals surface area contributed by atoms with E-state index in [0.29, 0.717) is 18.5 Å². The highest BCUT2D eigenvalue weighted by molar-refractivity contribution is 5.95. The number of pyridine rings is 1. The summed E-state index contributed by atoms with van der Waals surface area (Å²) in [5, 5.41) is 18.1. The Bertz CT molecular complexity index is 658. The molecular formula is C18H22N2O3. The number of carbonyl (C=O) groups is 1. The van der Waals surface area contributed by atoms with Gasteiger partial charge in [-0.05, 0) is 25.0 Å². The van der Waals surface area contributed by atoms with Gasteiger partial charge in [0.15, 0.2) is 0 Å². The smallest absolute Gasteiger partial charge is 0.255 e. The van der Waals surface area contributed by atoms with Crippen LogP contribution < -0.4 is 0 Å². The largest absolute Gasteiger partial charge is 0.396 e. The van der Waals surface area contributed by atoms with E-state index in [1.165, 1.54) is 11.1 Å². The van der Waals surface area contributed by atoms with Crippen molar-refractivity contribution in [2.75, 3.05) is 26.3 Å². The maximum atomic E-state index is 12.6. The van der Waals surface area contributed by atoms with Gasteiger partial charge in [-0.25, -0.2) is 0 Å². The molecule has 0 aliphatic carbocycles. The Labute approximate surface area is 136 Å². The molecule has 1 amide bonds. The number of benzene rings is 1. The van der Waals surface area contributed by atoms with Gasteiger partial charge < -0.3 is 15.1 Å². The first kappa shape index (κ1) is 17.1. The van der Waals surface area contributed by atoms with Crippen molar-refractivity contribution in [2.24, 2.45) is 0 Å². The Kier molecular flexibility index (Phi) is 6.26. The van der Waals surface area contributed by atoms with Gasteiger partial charge in [0.2, 0.25) is 0 Å². The fourth-order valence-electron chi connectivity index (χ4n) is 2.42. The number of rotatable bonds is 7. The molecule has 0 bridgehead atoms. The molecule has 2 aromatic rings. The Morgan fingerprint density at radius 1 is 1.09 bits per heavy atom. The molecule has 0 radical (unpaired) electrons. The Morgan fingerprint density at radius 3 is 2.61 bits per heavy atom. The standard InChI is InChI=1S/C18H22N2O3/c1-14-4-2-5-15(10-14)16-11-17(13-19-12-16)18(23)20(7-9-22)6-3-8-21/h2,4-5,10-13,21-22H,3,6-9H2,1H3. The molecule has 2 rings (SSSR count). The summed E-state index contributed by atoms with van der Waals surface area (Å²) >= 11 is 0. The molecule has 23 heavy (non-hydrogen) atoms. The summed E-state index contributed by atoms with van der Waals surface area (Å²) in [7, 11) is 0. The first-order valence-electron chi connectivity index (χ1n) is 7.69. The molecule has 2 N–H and O–H groups in total. The number of aliphatic hydroxyl groups excluding tert-OH is 2. The van der Waals surface area contributed by atoms with E-state index in [1.807, 2.05) is 37.3 Å². The molecular weight excluding hydrogens is 292 g/mol. The van der Waals surface area contributed by atoms with Crippen LogP contribution in [0.1, 0.15) is 22.3 Å². The summed E-state index contributed by atoms with van der Waals surface area (Å²) < 4.78 is 0. The Balaban J connectivity index is 2.25. The predicted octanol–water partition coefficient (Wildman–Crippen LogP) is 1.87. The molecule has 0 saturated carbocycles. The zero-order valence-electron chi connectivity index (χ0n) is 13.3. The molecule has 1 aromatic heterocycles. The van der Waals surface area contributed by atoms with Crippen LogP contribution in [0.3, 0.4) is 0 Å². The predicted molar refractivity (Wildman–Crippen MR) is 89.1 cm³/mol. The lowest BCUT2D eigenvalue weighted by atomic mass is 10.0. The zero-order valence-corrected chi connectivity index (χ0v) is 13.3. The summed E-state index contributed by atoms with van der Waals surface area (Å²) in [6.45, 7) is 2.57. The molecule has 5 nitrogen and oxygen atoms in total. The Morgan fingerprint density at radius 2 is 1.91 bits per heavy atom. The second-order valence-electron chi connectivity index (χ2n) is 5.42. The van der Waals surface area contributed by atoms with Crippen molar-refractivity contribution in [1.29, 1.82) is 0 Å². The number of hydrogen-bond donors (Lipinski definition) is 2. The summed E-state index contributed by atoms with van der Waals surface area (Å²) in [5.41, 5.74) is 3.52. The van der Waals surface area contributed by atoms with Crippen molar-refractivity contribution in [1.82, 2.24) is 9.88 Å². The summed E-state index contributed by atoms with van der Waals surface area (Å²) in [6.07, 6.45) is 3.75. The lowest BCUT2D eigenvalue weighted by molar-refractivity contribution is 0.0709. The van der Waals surface area contributed by atoms with E-state index in [4.69, 9.17) is 10.2 Å². The number of aromatic nitrogens is 1. The molecule has 0 fully saturated rings. The minimum Gasteiger partial charge on any atom is -0.396 e. The van der Waals surface area contributed by atoms with E-state index in [2.05, 4.69) is 4.98 Å². The molecule has 1 heterocycles. The van der Waals surface area contributed by atoms with Crippen molar-refractivity contribution in [2.45, 2.75) is 13.3 Å². The molecule has 122 valence electrons. The first-order chi connectivity index (χ1) is 11.2. The number of hydrogen-bond acceptors (Lipinski definition) is 4. The van der Waals surface area contributed by atoms with Gasteiger partial charge >= 0.3 is 0 Å². The van der Waals surface area contributed by atoms with Gasteiger partial charge in [-0.15, -0.1) is 0 Å². The van der Waals surface area contributed by atoms with Crippen LogP contribution in [-0.4, -0.2) is 52.3 Å². The number of nitrogens with zero attached hydrogens (tertiary/aromatic N) is 2. The monoisotopic (exact) mass is 314 g/mol. The van der Waals surface area contributed by atoms with Gasteiger partial charge in [0.1, 0.15) is 0 Å². The van der Waals surface area contributed by atoms with Crippen LogP contribution >= 0.6 is 0 Å². The molecule has 0 unspecified atom stereocenters. The second kappa shape index (κ2) is 8.41. The normalized spacial score (nSPS) is 10.6. The van der Waals surface area contributed by atoms with Crippen LogP contribution in [0.25, 0.3) is 11.1 Å². The van der Waals surface area contributed by atoms with Gasteiger partial charge in [0.05, 0.1) is 12.2 Å². The minimum absolute atomic E-state index is 0.0107. The van der Waals surface area contributed by atoms with Crippen LogP contribution in [0.5, 0.6) is 0 Å². The van der Waals surface area contributed by atoms with E-state index >= 15 is 0 Å². The number of aliphatic hydroxyl groups is 2. The topological polar surface area (TPSA) is 73.7 Å². The van der Waals surface area contributed by atoms with E-state index in [0.717, 1.165) is 16.7 Å². The lowest BCUT2D eigenvalue weighted by Crippen LogP contribution is -2.34. The van der Waals surface area contributed by atoms with Crippen molar-refractivity contribution < 1.29 is 15.0 Å². The van der Waals surface area contributed by atoms with Crippen molar-refractivity contribution in [3.63, 3.8) is 0 Å². The highest BCUT2D eigenvalue weighted by Gasteiger charge is 2.16. The maximum absolute atomic E-state index is 12.6. The summed E-state index contributed by atoms with van der Waals surface area (Å²) in [6, 6.07) is 9.83. The SMILES string of the molecule is Cc1cccc(-c2cncc(C(=O)N(CCO)CCCO)c2)c1. The molecule has 1 aromatic carbocycles. The lowest BCUT2D eigenvalue weighted by Gasteiger charge is -2.21. The van der Waals surface area contributed by atoms with Gasteiger partial charge in [-0.1, -0.05) is 29.8 Å². The molecule has 5 heteroatoms.